The number of hydrogen-bond donors (Lipinski definition) is 0. The second-order valence-electron chi connectivity index (χ2n) is 5.50. The van der Waals surface area contributed by atoms with Crippen LogP contribution in [-0.2, 0) is 6.54 Å². The van der Waals surface area contributed by atoms with Crippen molar-refractivity contribution in [2.75, 3.05) is 19.0 Å². The monoisotopic (exact) mass is 326 g/mol. The van der Waals surface area contributed by atoms with Gasteiger partial charge in [0.15, 0.2) is 0 Å². The van der Waals surface area contributed by atoms with Crippen molar-refractivity contribution < 1.29 is 4.74 Å². The summed E-state index contributed by atoms with van der Waals surface area (Å²) in [5.41, 5.74) is 3.42. The molecule has 1 aromatic heterocycles. The average Bonchev–Trinajstić information content (AvgIpc) is 2.74. The number of rotatable bonds is 4. The van der Waals surface area contributed by atoms with Crippen LogP contribution in [0, 0.1) is 19.8 Å². The first-order valence-electron chi connectivity index (χ1n) is 6.87. The van der Waals surface area contributed by atoms with E-state index in [9.17, 15) is 0 Å². The molecule has 0 aliphatic carbocycles. The summed E-state index contributed by atoms with van der Waals surface area (Å²) >= 11 is 3.64. The lowest BCUT2D eigenvalue weighted by Gasteiger charge is -2.25. The highest BCUT2D eigenvalue weighted by Crippen LogP contribution is 2.29. The van der Waals surface area contributed by atoms with Crippen LogP contribution in [0.2, 0.25) is 0 Å². The Labute approximate surface area is 124 Å². The molecule has 0 N–H and O–H groups in total. The molecule has 0 bridgehead atoms. The van der Waals surface area contributed by atoms with Crippen molar-refractivity contribution in [3.63, 3.8) is 0 Å². The summed E-state index contributed by atoms with van der Waals surface area (Å²) in [7, 11) is 1.73. The quantitative estimate of drug-likeness (QED) is 0.794. The number of aromatic nitrogens is 1. The molecule has 0 spiro atoms. The predicted molar refractivity (Wildman–Crippen MR) is 82.0 cm³/mol. The predicted octanol–water partition coefficient (Wildman–Crippen LogP) is 3.31. The number of hydrogen-bond acceptors (Lipinski definition) is 3. The van der Waals surface area contributed by atoms with Crippen LogP contribution in [0.1, 0.15) is 30.2 Å². The zero-order chi connectivity index (χ0) is 14.0. The third-order valence-corrected chi connectivity index (χ3v) is 4.92. The number of ether oxygens (including phenoxy) is 1. The molecule has 1 aromatic rings. The van der Waals surface area contributed by atoms with Crippen molar-refractivity contribution in [2.24, 2.45) is 5.92 Å². The standard InChI is InChI=1S/C15H23BrN2O/c1-10-5-6-18(14(10)7-16)9-13-12(3)15(19-4)11(2)8-17-13/h8,10,14H,5-7,9H2,1-4H3. The number of alkyl halides is 1. The Kier molecular flexibility index (Phi) is 4.85. The molecule has 0 amide bonds. The van der Waals surface area contributed by atoms with E-state index in [0.717, 1.165) is 41.3 Å². The summed E-state index contributed by atoms with van der Waals surface area (Å²) in [6, 6.07) is 0.619. The van der Waals surface area contributed by atoms with E-state index in [1.165, 1.54) is 12.0 Å². The zero-order valence-corrected chi connectivity index (χ0v) is 13.8. The number of methoxy groups -OCH3 is 1. The fraction of sp³-hybridized carbons (Fsp3) is 0.667. The number of likely N-dealkylation sites (tertiary alicyclic amines) is 1. The van der Waals surface area contributed by atoms with E-state index < -0.39 is 0 Å². The summed E-state index contributed by atoms with van der Waals surface area (Å²) in [4.78, 5) is 7.14. The van der Waals surface area contributed by atoms with Crippen LogP contribution in [0.25, 0.3) is 0 Å². The van der Waals surface area contributed by atoms with E-state index in [2.05, 4.69) is 39.7 Å². The van der Waals surface area contributed by atoms with Crippen molar-refractivity contribution in [3.8, 4) is 5.75 Å². The smallest absolute Gasteiger partial charge is 0.128 e. The topological polar surface area (TPSA) is 25.4 Å². The normalized spacial score (nSPS) is 23.8. The summed E-state index contributed by atoms with van der Waals surface area (Å²) in [5.74, 6) is 1.74. The minimum Gasteiger partial charge on any atom is -0.496 e. The van der Waals surface area contributed by atoms with Gasteiger partial charge in [-0.1, -0.05) is 22.9 Å². The van der Waals surface area contributed by atoms with Crippen molar-refractivity contribution in [3.05, 3.63) is 23.0 Å². The molecule has 0 radical (unpaired) electrons. The highest BCUT2D eigenvalue weighted by atomic mass is 79.9. The minimum atomic E-state index is 0.619. The van der Waals surface area contributed by atoms with Crippen LogP contribution in [0.4, 0.5) is 0 Å². The van der Waals surface area contributed by atoms with Crippen LogP contribution < -0.4 is 4.74 Å². The lowest BCUT2D eigenvalue weighted by atomic mass is 10.0. The molecule has 1 fully saturated rings. The van der Waals surface area contributed by atoms with E-state index in [1.807, 2.05) is 13.1 Å². The van der Waals surface area contributed by atoms with Gasteiger partial charge in [0.05, 0.1) is 12.8 Å². The molecule has 2 rings (SSSR count). The van der Waals surface area contributed by atoms with Gasteiger partial charge < -0.3 is 4.74 Å². The maximum atomic E-state index is 5.49. The van der Waals surface area contributed by atoms with Crippen molar-refractivity contribution in [1.82, 2.24) is 9.88 Å². The second kappa shape index (κ2) is 6.23. The van der Waals surface area contributed by atoms with E-state index in [4.69, 9.17) is 4.74 Å². The minimum absolute atomic E-state index is 0.619. The molecule has 1 aliphatic rings. The van der Waals surface area contributed by atoms with E-state index >= 15 is 0 Å². The van der Waals surface area contributed by atoms with Gasteiger partial charge in [-0.05, 0) is 32.7 Å². The Balaban J connectivity index is 2.20. The van der Waals surface area contributed by atoms with Gasteiger partial charge in [-0.3, -0.25) is 9.88 Å². The van der Waals surface area contributed by atoms with Crippen molar-refractivity contribution in [1.29, 1.82) is 0 Å². The average molecular weight is 327 g/mol. The van der Waals surface area contributed by atoms with Crippen LogP contribution in [0.3, 0.4) is 0 Å². The fourth-order valence-corrected chi connectivity index (χ4v) is 4.00. The summed E-state index contributed by atoms with van der Waals surface area (Å²) in [6.07, 6.45) is 3.20. The Morgan fingerprint density at radius 3 is 2.84 bits per heavy atom. The first-order chi connectivity index (χ1) is 9.08. The lowest BCUT2D eigenvalue weighted by Crippen LogP contribution is -2.33. The molecule has 4 heteroatoms. The van der Waals surface area contributed by atoms with Gasteiger partial charge in [0.25, 0.3) is 0 Å². The molecule has 0 saturated carbocycles. The highest BCUT2D eigenvalue weighted by Gasteiger charge is 2.30. The molecule has 0 aromatic carbocycles. The van der Waals surface area contributed by atoms with Gasteiger partial charge in [-0.25, -0.2) is 0 Å². The number of nitrogens with zero attached hydrogens (tertiary/aromatic N) is 2. The van der Waals surface area contributed by atoms with Gasteiger partial charge in [-0.15, -0.1) is 0 Å². The molecular weight excluding hydrogens is 304 g/mol. The summed E-state index contributed by atoms with van der Waals surface area (Å²) < 4.78 is 5.49. The number of pyridine rings is 1. The molecule has 2 unspecified atom stereocenters. The van der Waals surface area contributed by atoms with Crippen molar-refractivity contribution in [2.45, 2.75) is 39.8 Å². The number of aryl methyl sites for hydroxylation is 1. The van der Waals surface area contributed by atoms with Gasteiger partial charge in [0.1, 0.15) is 5.75 Å². The molecule has 19 heavy (non-hydrogen) atoms. The van der Waals surface area contributed by atoms with Crippen LogP contribution >= 0.6 is 15.9 Å². The molecule has 1 saturated heterocycles. The van der Waals surface area contributed by atoms with Crippen LogP contribution in [-0.4, -0.2) is 34.9 Å². The highest BCUT2D eigenvalue weighted by molar-refractivity contribution is 9.09. The van der Waals surface area contributed by atoms with E-state index in [-0.39, 0.29) is 0 Å². The first kappa shape index (κ1) is 14.8. The number of halogens is 1. The maximum Gasteiger partial charge on any atom is 0.128 e. The van der Waals surface area contributed by atoms with Crippen LogP contribution in [0.15, 0.2) is 6.20 Å². The van der Waals surface area contributed by atoms with Gasteiger partial charge >= 0.3 is 0 Å². The molecule has 106 valence electrons. The molecule has 1 aliphatic heterocycles. The Bertz CT molecular complexity index is 450. The maximum absolute atomic E-state index is 5.49. The van der Waals surface area contributed by atoms with Gasteiger partial charge in [-0.2, -0.15) is 0 Å². The fourth-order valence-electron chi connectivity index (χ4n) is 2.96. The van der Waals surface area contributed by atoms with E-state index in [1.54, 1.807) is 7.11 Å². The molecular formula is C15H23BrN2O. The van der Waals surface area contributed by atoms with Crippen molar-refractivity contribution >= 4 is 15.9 Å². The Hall–Kier alpha value is -0.610. The molecule has 3 nitrogen and oxygen atoms in total. The summed E-state index contributed by atoms with van der Waals surface area (Å²) in [5, 5.41) is 1.04. The van der Waals surface area contributed by atoms with Crippen LogP contribution in [0.5, 0.6) is 5.75 Å². The summed E-state index contributed by atoms with van der Waals surface area (Å²) in [6.45, 7) is 8.57. The SMILES string of the molecule is COc1c(C)cnc(CN2CCC(C)C2CBr)c1C. The Morgan fingerprint density at radius 2 is 2.21 bits per heavy atom. The first-order valence-corrected chi connectivity index (χ1v) is 7.99. The van der Waals surface area contributed by atoms with E-state index in [0.29, 0.717) is 6.04 Å². The molecule has 2 atom stereocenters. The second-order valence-corrected chi connectivity index (χ2v) is 6.15. The third kappa shape index (κ3) is 2.95. The Morgan fingerprint density at radius 1 is 1.47 bits per heavy atom. The third-order valence-electron chi connectivity index (χ3n) is 4.26. The van der Waals surface area contributed by atoms with Gasteiger partial charge in [0.2, 0.25) is 0 Å². The largest absolute Gasteiger partial charge is 0.496 e. The van der Waals surface area contributed by atoms with Gasteiger partial charge in [0, 0.05) is 35.2 Å². The zero-order valence-electron chi connectivity index (χ0n) is 12.2. The lowest BCUT2D eigenvalue weighted by molar-refractivity contribution is 0.240. The molecule has 2 heterocycles.